The topological polar surface area (TPSA) is 58.6 Å². The highest BCUT2D eigenvalue weighted by atomic mass is 35.5. The number of carbonyl (C=O) groups is 1. The highest BCUT2D eigenvalue weighted by Gasteiger charge is 2.15. The van der Waals surface area contributed by atoms with Crippen LogP contribution in [0.4, 0.5) is 5.69 Å². The molecule has 0 fully saturated rings. The Labute approximate surface area is 138 Å². The van der Waals surface area contributed by atoms with Gasteiger partial charge in [-0.3, -0.25) is 4.79 Å². The quantitative estimate of drug-likeness (QED) is 0.868. The summed E-state index contributed by atoms with van der Waals surface area (Å²) in [5.74, 6) is 0.155. The van der Waals surface area contributed by atoms with E-state index in [4.69, 9.17) is 33.0 Å². The maximum atomic E-state index is 12.1. The molecule has 0 spiro atoms. The first-order valence-corrected chi connectivity index (χ1v) is 7.37. The first-order valence-electron chi connectivity index (χ1n) is 6.62. The number of halogens is 2. The zero-order chi connectivity index (χ0) is 16.1. The van der Waals surface area contributed by atoms with Crippen molar-refractivity contribution in [2.75, 3.05) is 5.32 Å². The number of anilines is 1. The lowest BCUT2D eigenvalue weighted by atomic mass is 10.2. The third kappa shape index (κ3) is 4.37. The first kappa shape index (κ1) is 16.6. The highest BCUT2D eigenvalue weighted by molar-refractivity contribution is 6.42. The van der Waals surface area contributed by atoms with E-state index in [2.05, 4.69) is 5.32 Å². The Bertz CT molecular complexity index is 676. The molecule has 2 N–H and O–H groups in total. The summed E-state index contributed by atoms with van der Waals surface area (Å²) in [6.07, 6.45) is -0.713. The van der Waals surface area contributed by atoms with Crippen molar-refractivity contribution in [3.63, 3.8) is 0 Å². The number of aliphatic hydroxyl groups excluding tert-OH is 1. The molecular formula is C16H15Cl2NO3. The number of aliphatic hydroxyl groups is 1. The molecule has 2 rings (SSSR count). The monoisotopic (exact) mass is 339 g/mol. The smallest absolute Gasteiger partial charge is 0.265 e. The molecule has 0 aromatic heterocycles. The van der Waals surface area contributed by atoms with E-state index in [-0.39, 0.29) is 12.5 Å². The maximum Gasteiger partial charge on any atom is 0.265 e. The predicted octanol–water partition coefficient (Wildman–Crippen LogP) is 3.89. The molecule has 0 saturated heterocycles. The molecule has 116 valence electrons. The number of amides is 1. The minimum absolute atomic E-state index is 0.0843. The second-order valence-electron chi connectivity index (χ2n) is 4.68. The molecule has 0 heterocycles. The van der Waals surface area contributed by atoms with E-state index in [0.29, 0.717) is 21.5 Å². The molecule has 0 aliphatic heterocycles. The second-order valence-corrected chi connectivity index (χ2v) is 5.50. The molecule has 0 bridgehead atoms. The van der Waals surface area contributed by atoms with Gasteiger partial charge in [-0.25, -0.2) is 0 Å². The molecule has 6 heteroatoms. The van der Waals surface area contributed by atoms with Gasteiger partial charge in [0.1, 0.15) is 5.75 Å². The summed E-state index contributed by atoms with van der Waals surface area (Å²) in [7, 11) is 0. The fraction of sp³-hybridized carbons (Fsp3) is 0.188. The number of ether oxygens (including phenoxy) is 1. The summed E-state index contributed by atoms with van der Waals surface area (Å²) in [4.78, 5) is 12.1. The number of hydrogen-bond acceptors (Lipinski definition) is 3. The minimum atomic E-state index is -0.713. The van der Waals surface area contributed by atoms with Gasteiger partial charge in [-0.15, -0.1) is 0 Å². The Balaban J connectivity index is 2.00. The third-order valence-electron chi connectivity index (χ3n) is 2.95. The largest absolute Gasteiger partial charge is 0.481 e. The van der Waals surface area contributed by atoms with Gasteiger partial charge in [0, 0.05) is 11.8 Å². The van der Waals surface area contributed by atoms with E-state index >= 15 is 0 Å². The van der Waals surface area contributed by atoms with Crippen molar-refractivity contribution in [3.8, 4) is 5.75 Å². The predicted molar refractivity (Wildman–Crippen MR) is 87.5 cm³/mol. The van der Waals surface area contributed by atoms with Gasteiger partial charge in [0.05, 0.1) is 16.7 Å². The average Bonchev–Trinajstić information content (AvgIpc) is 2.51. The molecule has 2 aromatic rings. The van der Waals surface area contributed by atoms with E-state index < -0.39 is 6.10 Å². The molecule has 22 heavy (non-hydrogen) atoms. The Morgan fingerprint density at radius 3 is 2.68 bits per heavy atom. The molecular weight excluding hydrogens is 325 g/mol. The van der Waals surface area contributed by atoms with E-state index in [9.17, 15) is 4.79 Å². The van der Waals surface area contributed by atoms with Gasteiger partial charge in [0.15, 0.2) is 6.10 Å². The standard InChI is InChI=1S/C16H15Cl2NO3/c1-10(22-13-5-6-14(17)15(18)8-13)16(21)19-12-4-2-3-11(7-12)9-20/h2-8,10,20H,9H2,1H3,(H,19,21). The number of nitrogens with one attached hydrogen (secondary N) is 1. The Kier molecular flexibility index (Phi) is 5.66. The summed E-state index contributed by atoms with van der Waals surface area (Å²) in [6.45, 7) is 1.55. The van der Waals surface area contributed by atoms with Crippen LogP contribution in [0.2, 0.25) is 10.0 Å². The zero-order valence-electron chi connectivity index (χ0n) is 11.8. The minimum Gasteiger partial charge on any atom is -0.481 e. The van der Waals surface area contributed by atoms with Crippen LogP contribution < -0.4 is 10.1 Å². The van der Waals surface area contributed by atoms with Gasteiger partial charge in [-0.1, -0.05) is 35.3 Å². The fourth-order valence-electron chi connectivity index (χ4n) is 1.80. The molecule has 4 nitrogen and oxygen atoms in total. The summed E-state index contributed by atoms with van der Waals surface area (Å²) < 4.78 is 5.54. The van der Waals surface area contributed by atoms with Crippen molar-refractivity contribution in [1.82, 2.24) is 0 Å². The van der Waals surface area contributed by atoms with E-state index in [1.807, 2.05) is 0 Å². The average molecular weight is 340 g/mol. The number of benzene rings is 2. The van der Waals surface area contributed by atoms with Crippen LogP contribution in [0.1, 0.15) is 12.5 Å². The summed E-state index contributed by atoms with van der Waals surface area (Å²) in [5.41, 5.74) is 1.32. The lowest BCUT2D eigenvalue weighted by molar-refractivity contribution is -0.122. The Morgan fingerprint density at radius 2 is 2.00 bits per heavy atom. The van der Waals surface area contributed by atoms with Crippen LogP contribution in [0.15, 0.2) is 42.5 Å². The van der Waals surface area contributed by atoms with Gasteiger partial charge in [0.25, 0.3) is 5.91 Å². The van der Waals surface area contributed by atoms with Crippen molar-refractivity contribution < 1.29 is 14.6 Å². The van der Waals surface area contributed by atoms with Crippen LogP contribution >= 0.6 is 23.2 Å². The van der Waals surface area contributed by atoms with Crippen LogP contribution in [0, 0.1) is 0 Å². The zero-order valence-corrected chi connectivity index (χ0v) is 13.4. The van der Waals surface area contributed by atoms with Gasteiger partial charge in [-0.05, 0) is 36.8 Å². The number of rotatable bonds is 5. The SMILES string of the molecule is CC(Oc1ccc(Cl)c(Cl)c1)C(=O)Nc1cccc(CO)c1. The van der Waals surface area contributed by atoms with E-state index in [1.165, 1.54) is 0 Å². The molecule has 0 radical (unpaired) electrons. The molecule has 2 aromatic carbocycles. The number of hydrogen-bond donors (Lipinski definition) is 2. The van der Waals surface area contributed by atoms with Crippen molar-refractivity contribution in [1.29, 1.82) is 0 Å². The molecule has 1 amide bonds. The van der Waals surface area contributed by atoms with Crippen molar-refractivity contribution in [2.45, 2.75) is 19.6 Å². The second kappa shape index (κ2) is 7.49. The maximum absolute atomic E-state index is 12.1. The third-order valence-corrected chi connectivity index (χ3v) is 3.69. The highest BCUT2D eigenvalue weighted by Crippen LogP contribution is 2.27. The van der Waals surface area contributed by atoms with Gasteiger partial charge in [-0.2, -0.15) is 0 Å². The molecule has 1 atom stereocenters. The van der Waals surface area contributed by atoms with Crippen molar-refractivity contribution in [2.24, 2.45) is 0 Å². The molecule has 0 aliphatic rings. The van der Waals surface area contributed by atoms with E-state index in [0.717, 1.165) is 5.56 Å². The summed E-state index contributed by atoms with van der Waals surface area (Å²) in [6, 6.07) is 11.8. The first-order chi connectivity index (χ1) is 10.5. The van der Waals surface area contributed by atoms with Gasteiger partial charge in [0.2, 0.25) is 0 Å². The van der Waals surface area contributed by atoms with Crippen molar-refractivity contribution in [3.05, 3.63) is 58.1 Å². The number of carbonyl (C=O) groups excluding carboxylic acids is 1. The van der Waals surface area contributed by atoms with Crippen LogP contribution in [-0.2, 0) is 11.4 Å². The normalized spacial score (nSPS) is 11.8. The lowest BCUT2D eigenvalue weighted by Crippen LogP contribution is -2.30. The van der Waals surface area contributed by atoms with Gasteiger partial charge >= 0.3 is 0 Å². The van der Waals surface area contributed by atoms with Crippen molar-refractivity contribution >= 4 is 34.8 Å². The van der Waals surface area contributed by atoms with Crippen LogP contribution in [0.3, 0.4) is 0 Å². The van der Waals surface area contributed by atoms with Crippen LogP contribution in [-0.4, -0.2) is 17.1 Å². The Morgan fingerprint density at radius 1 is 1.23 bits per heavy atom. The molecule has 1 unspecified atom stereocenters. The molecule has 0 saturated carbocycles. The van der Waals surface area contributed by atoms with Gasteiger partial charge < -0.3 is 15.2 Å². The lowest BCUT2D eigenvalue weighted by Gasteiger charge is -2.15. The van der Waals surface area contributed by atoms with Crippen LogP contribution in [0.5, 0.6) is 5.75 Å². The fourth-order valence-corrected chi connectivity index (χ4v) is 2.09. The summed E-state index contributed by atoms with van der Waals surface area (Å²) >= 11 is 11.7. The molecule has 0 aliphatic carbocycles. The van der Waals surface area contributed by atoms with E-state index in [1.54, 1.807) is 49.4 Å². The summed E-state index contributed by atoms with van der Waals surface area (Å²) in [5, 5.41) is 12.6. The van der Waals surface area contributed by atoms with Crippen LogP contribution in [0.25, 0.3) is 0 Å². The Hall–Kier alpha value is -1.75.